The Morgan fingerprint density at radius 3 is 1.14 bits per heavy atom. The van der Waals surface area contributed by atoms with E-state index in [1.807, 2.05) is 0 Å². The predicted molar refractivity (Wildman–Crippen MR) is 37.2 cm³/mol. The van der Waals surface area contributed by atoms with E-state index < -0.39 is 0 Å². The lowest BCUT2D eigenvalue weighted by Gasteiger charge is -2.01. The van der Waals surface area contributed by atoms with Crippen molar-refractivity contribution in [1.29, 1.82) is 0 Å². The summed E-state index contributed by atoms with van der Waals surface area (Å²) in [5, 5.41) is 0. The maximum atomic E-state index is 4.48. The minimum atomic E-state index is -0.264. The average molecular weight is 133 g/mol. The van der Waals surface area contributed by atoms with Gasteiger partial charge in [-0.15, -0.1) is 0 Å². The second-order valence-corrected chi connectivity index (χ2v) is 6.69. The number of hydrogen-bond acceptors (Lipinski definition) is 0. The number of rotatable bonds is 2. The first-order valence-corrected chi connectivity index (χ1v) is 7.34. The van der Waals surface area contributed by atoms with Crippen LogP contribution in [-0.2, 0) is 0 Å². The molecule has 0 aliphatic heterocycles. The summed E-state index contributed by atoms with van der Waals surface area (Å²) in [5.74, 6) is 0. The van der Waals surface area contributed by atoms with Crippen molar-refractivity contribution in [3.8, 4) is 0 Å². The molecule has 7 heavy (non-hydrogen) atoms. The van der Waals surface area contributed by atoms with Crippen LogP contribution < -0.4 is 0 Å². The van der Waals surface area contributed by atoms with E-state index in [-0.39, 0.29) is 18.1 Å². The molecule has 0 aromatic carbocycles. The van der Waals surface area contributed by atoms with Crippen LogP contribution >= 0.6 is 0 Å². The molecule has 2 radical (unpaired) electrons. The largest absolute Gasteiger partial charge is 0.625 e. The Bertz CT molecular complexity index is 39.0. The molecule has 1 N–H and O–H groups in total. The van der Waals surface area contributed by atoms with Gasteiger partial charge in [-0.1, -0.05) is 0 Å². The van der Waals surface area contributed by atoms with Gasteiger partial charge >= 0.3 is 18.1 Å². The monoisotopic (exact) mass is 133 g/mol. The zero-order chi connectivity index (χ0) is 5.86. The first-order chi connectivity index (χ1) is 3.13. The molecule has 0 aromatic heterocycles. The van der Waals surface area contributed by atoms with E-state index in [9.17, 15) is 0 Å². The van der Waals surface area contributed by atoms with Crippen molar-refractivity contribution in [3.63, 3.8) is 0 Å². The molecule has 42 valence electrons. The summed E-state index contributed by atoms with van der Waals surface area (Å²) in [6.07, 6.45) is 0. The van der Waals surface area contributed by atoms with Crippen molar-refractivity contribution in [2.24, 2.45) is 0 Å². The second kappa shape index (κ2) is 3.40. The van der Waals surface area contributed by atoms with Crippen LogP contribution in [0.1, 0.15) is 0 Å². The van der Waals surface area contributed by atoms with Crippen molar-refractivity contribution in [2.45, 2.75) is 26.2 Å². The van der Waals surface area contributed by atoms with Gasteiger partial charge in [-0.25, -0.2) is 0 Å². The van der Waals surface area contributed by atoms with E-state index >= 15 is 0 Å². The van der Waals surface area contributed by atoms with Crippen LogP contribution in [0.2, 0.25) is 26.2 Å². The van der Waals surface area contributed by atoms with E-state index in [1.165, 1.54) is 0 Å². The lowest BCUT2D eigenvalue weighted by molar-refractivity contribution is 0.381. The Hall–Kier alpha value is 0.394. The van der Waals surface area contributed by atoms with Crippen LogP contribution in [0.4, 0.5) is 0 Å². The Balaban J connectivity index is 2.95. The van der Waals surface area contributed by atoms with Crippen LogP contribution in [0, 0.1) is 0 Å². The van der Waals surface area contributed by atoms with E-state index in [2.05, 4.69) is 30.3 Å². The van der Waals surface area contributed by atoms with Gasteiger partial charge in [0.15, 0.2) is 0 Å². The van der Waals surface area contributed by atoms with E-state index in [4.69, 9.17) is 0 Å². The topological polar surface area (TPSA) is 12.8 Å². The summed E-state index contributed by atoms with van der Waals surface area (Å²) in [7, 11) is -0.528. The molecule has 0 heterocycles. The normalized spacial score (nSPS) is 11.1. The molecule has 0 fully saturated rings. The molecule has 0 amide bonds. The maximum Gasteiger partial charge on any atom is 0.425 e. The SMILES string of the molecule is C[Si](C)[OH+][Si](C)C. The van der Waals surface area contributed by atoms with Gasteiger partial charge in [0.25, 0.3) is 0 Å². The zero-order valence-corrected chi connectivity index (χ0v) is 7.45. The van der Waals surface area contributed by atoms with E-state index in [0.717, 1.165) is 0 Å². The molecule has 1 nitrogen and oxygen atoms in total. The first kappa shape index (κ1) is 7.39. The van der Waals surface area contributed by atoms with E-state index in [1.54, 1.807) is 0 Å². The Kier molecular flexibility index (Phi) is 3.59. The predicted octanol–water partition coefficient (Wildman–Crippen LogP) is 1.02. The van der Waals surface area contributed by atoms with Crippen LogP contribution in [0.3, 0.4) is 0 Å². The summed E-state index contributed by atoms with van der Waals surface area (Å²) in [4.78, 5) is 0. The zero-order valence-electron chi connectivity index (χ0n) is 5.45. The fraction of sp³-hybridized carbons (Fsp3) is 1.00. The summed E-state index contributed by atoms with van der Waals surface area (Å²) >= 11 is 0. The Morgan fingerprint density at radius 2 is 1.14 bits per heavy atom. The highest BCUT2D eigenvalue weighted by molar-refractivity contribution is 6.61. The van der Waals surface area contributed by atoms with Crippen LogP contribution in [0.25, 0.3) is 0 Å². The van der Waals surface area contributed by atoms with Crippen molar-refractivity contribution >= 4 is 18.1 Å². The summed E-state index contributed by atoms with van der Waals surface area (Å²) in [5.41, 5.74) is 0. The third kappa shape index (κ3) is 6.39. The third-order valence-corrected chi connectivity index (χ3v) is 4.02. The first-order valence-electron chi connectivity index (χ1n) is 2.45. The average Bonchev–Trinajstić information content (AvgIpc) is 1.27. The molecule has 0 aromatic rings. The molecule has 0 rings (SSSR count). The third-order valence-electron chi connectivity index (χ3n) is 0.447. The molecular formula is C4H13OSi2+. The smallest absolute Gasteiger partial charge is 0.425 e. The molecule has 0 bridgehead atoms. The van der Waals surface area contributed by atoms with Gasteiger partial charge in [0.2, 0.25) is 0 Å². The molecule has 0 unspecified atom stereocenters. The fourth-order valence-corrected chi connectivity index (χ4v) is 4.02. The van der Waals surface area contributed by atoms with Gasteiger partial charge in [-0.05, 0) is 0 Å². The molecule has 0 aliphatic carbocycles. The lowest BCUT2D eigenvalue weighted by Crippen LogP contribution is -2.23. The van der Waals surface area contributed by atoms with Crippen molar-refractivity contribution < 1.29 is 4.12 Å². The van der Waals surface area contributed by atoms with Crippen molar-refractivity contribution in [3.05, 3.63) is 0 Å². The quantitative estimate of drug-likeness (QED) is 0.394. The van der Waals surface area contributed by atoms with Gasteiger partial charge in [0.05, 0.1) is 0 Å². The van der Waals surface area contributed by atoms with Crippen LogP contribution in [0.15, 0.2) is 0 Å². The minimum Gasteiger partial charge on any atom is -0.625 e. The van der Waals surface area contributed by atoms with E-state index in [0.29, 0.717) is 0 Å². The molecule has 0 saturated carbocycles. The highest BCUT2D eigenvalue weighted by Crippen LogP contribution is 1.82. The lowest BCUT2D eigenvalue weighted by atomic mass is 11.9. The Labute approximate surface area is 49.1 Å². The minimum absolute atomic E-state index is 0.264. The van der Waals surface area contributed by atoms with Gasteiger partial charge in [0, 0.05) is 26.2 Å². The molecule has 0 atom stereocenters. The molecule has 3 heteroatoms. The summed E-state index contributed by atoms with van der Waals surface area (Å²) in [6.45, 7) is 8.90. The second-order valence-electron chi connectivity index (χ2n) is 2.01. The van der Waals surface area contributed by atoms with Gasteiger partial charge < -0.3 is 4.12 Å². The van der Waals surface area contributed by atoms with Crippen molar-refractivity contribution in [1.82, 2.24) is 0 Å². The van der Waals surface area contributed by atoms with Gasteiger partial charge in [0.1, 0.15) is 0 Å². The van der Waals surface area contributed by atoms with Gasteiger partial charge in [-0.3, -0.25) is 0 Å². The van der Waals surface area contributed by atoms with Crippen LogP contribution in [-0.4, -0.2) is 22.2 Å². The van der Waals surface area contributed by atoms with Crippen molar-refractivity contribution in [2.75, 3.05) is 0 Å². The molecule has 0 spiro atoms. The standard InChI is InChI=1S/C4H13OSi2/c1-6(2)5-7(3)4/h5H,1-4H3/q+1. The molecule has 0 saturated heterocycles. The molecule has 0 aliphatic rings. The summed E-state index contributed by atoms with van der Waals surface area (Å²) < 4.78 is 4.48. The summed E-state index contributed by atoms with van der Waals surface area (Å²) in [6, 6.07) is 0. The van der Waals surface area contributed by atoms with Crippen LogP contribution in [0.5, 0.6) is 0 Å². The highest BCUT2D eigenvalue weighted by Gasteiger charge is 2.11. The van der Waals surface area contributed by atoms with Gasteiger partial charge in [-0.2, -0.15) is 0 Å². The highest BCUT2D eigenvalue weighted by atomic mass is 28.4. The number of hydrogen-bond donors (Lipinski definition) is 0. The maximum absolute atomic E-state index is 4.48. The fourth-order valence-electron chi connectivity index (χ4n) is 0.447. The Morgan fingerprint density at radius 1 is 0.857 bits per heavy atom. The molecular weight excluding hydrogens is 120 g/mol.